The summed E-state index contributed by atoms with van der Waals surface area (Å²) in [5.74, 6) is -1.57. The van der Waals surface area contributed by atoms with Crippen molar-refractivity contribution in [3.8, 4) is 5.75 Å². The highest BCUT2D eigenvalue weighted by Crippen LogP contribution is 2.17. The number of nitrogens with two attached hydrogens (primary N) is 1. The van der Waals surface area contributed by atoms with Gasteiger partial charge in [0.1, 0.15) is 12.4 Å². The minimum absolute atomic E-state index is 0.0906. The highest BCUT2D eigenvalue weighted by molar-refractivity contribution is 7.80. The van der Waals surface area contributed by atoms with Crippen molar-refractivity contribution in [3.05, 3.63) is 65.2 Å². The van der Waals surface area contributed by atoms with Gasteiger partial charge in [0.2, 0.25) is 0 Å². The molecule has 0 bridgehead atoms. The Morgan fingerprint density at radius 1 is 1.18 bits per heavy atom. The fourth-order valence-corrected chi connectivity index (χ4v) is 1.66. The average molecular weight is 321 g/mol. The Labute approximate surface area is 131 Å². The van der Waals surface area contributed by atoms with E-state index in [1.165, 1.54) is 6.07 Å². The summed E-state index contributed by atoms with van der Waals surface area (Å²) < 4.78 is 31.2. The van der Waals surface area contributed by atoms with Crippen molar-refractivity contribution in [1.82, 2.24) is 5.43 Å². The number of halogens is 2. The molecule has 3 N–H and O–H groups in total. The normalized spacial score (nSPS) is 10.6. The van der Waals surface area contributed by atoms with E-state index in [0.29, 0.717) is 0 Å². The van der Waals surface area contributed by atoms with Gasteiger partial charge in [0.05, 0.1) is 6.21 Å². The van der Waals surface area contributed by atoms with Crippen LogP contribution >= 0.6 is 12.2 Å². The monoisotopic (exact) mass is 321 g/mol. The van der Waals surface area contributed by atoms with Gasteiger partial charge in [0.15, 0.2) is 16.7 Å². The molecule has 0 saturated carbocycles. The van der Waals surface area contributed by atoms with Crippen LogP contribution in [0.5, 0.6) is 5.75 Å². The second kappa shape index (κ2) is 7.46. The van der Waals surface area contributed by atoms with Gasteiger partial charge in [-0.25, -0.2) is 8.78 Å². The molecule has 7 heteroatoms. The zero-order valence-electron chi connectivity index (χ0n) is 11.4. The van der Waals surface area contributed by atoms with Gasteiger partial charge in [-0.1, -0.05) is 24.3 Å². The number of thiocarbonyl (C=S) groups is 1. The number of hydrogen-bond donors (Lipinski definition) is 2. The summed E-state index contributed by atoms with van der Waals surface area (Å²) >= 11 is 4.62. The van der Waals surface area contributed by atoms with Gasteiger partial charge in [-0.15, -0.1) is 0 Å². The zero-order chi connectivity index (χ0) is 15.9. The Morgan fingerprint density at radius 2 is 1.91 bits per heavy atom. The number of nitrogens with one attached hydrogen (secondary N) is 1. The van der Waals surface area contributed by atoms with E-state index in [1.807, 2.05) is 24.3 Å². The fourth-order valence-electron chi connectivity index (χ4n) is 1.60. The molecular formula is C15H13F2N3OS. The quantitative estimate of drug-likeness (QED) is 0.505. The van der Waals surface area contributed by atoms with E-state index < -0.39 is 11.6 Å². The molecule has 2 rings (SSSR count). The molecule has 0 fully saturated rings. The van der Waals surface area contributed by atoms with Crippen molar-refractivity contribution in [2.45, 2.75) is 6.61 Å². The van der Waals surface area contributed by atoms with Crippen molar-refractivity contribution in [2.24, 2.45) is 10.8 Å². The number of rotatable bonds is 5. The number of nitrogens with zero attached hydrogens (tertiary/aromatic N) is 1. The first-order valence-corrected chi connectivity index (χ1v) is 6.71. The minimum atomic E-state index is -0.936. The third-order valence-corrected chi connectivity index (χ3v) is 2.76. The molecule has 0 spiro atoms. The molecule has 0 aliphatic heterocycles. The van der Waals surface area contributed by atoms with Gasteiger partial charge in [0, 0.05) is 6.07 Å². The van der Waals surface area contributed by atoms with Crippen molar-refractivity contribution in [1.29, 1.82) is 0 Å². The van der Waals surface area contributed by atoms with Gasteiger partial charge in [0.25, 0.3) is 0 Å². The first kappa shape index (κ1) is 15.8. The lowest BCUT2D eigenvalue weighted by Gasteiger charge is -2.07. The van der Waals surface area contributed by atoms with Gasteiger partial charge in [-0.2, -0.15) is 5.10 Å². The van der Waals surface area contributed by atoms with E-state index in [2.05, 4.69) is 22.7 Å². The molecule has 0 aromatic heterocycles. The maximum Gasteiger partial charge on any atom is 0.184 e. The van der Waals surface area contributed by atoms with Crippen LogP contribution in [0.2, 0.25) is 0 Å². The van der Waals surface area contributed by atoms with Crippen LogP contribution in [0.4, 0.5) is 8.78 Å². The summed E-state index contributed by atoms with van der Waals surface area (Å²) in [7, 11) is 0. The Kier molecular flexibility index (Phi) is 5.37. The third-order valence-electron chi connectivity index (χ3n) is 2.66. The molecule has 2 aromatic rings. The SMILES string of the molecule is NC(=S)NN=Cc1ccc(COc2ccc(F)c(F)c2)cc1. The first-order chi connectivity index (χ1) is 10.5. The number of hydrazone groups is 1. The molecule has 4 nitrogen and oxygen atoms in total. The summed E-state index contributed by atoms with van der Waals surface area (Å²) in [4.78, 5) is 0. The lowest BCUT2D eigenvalue weighted by molar-refractivity contribution is 0.303. The van der Waals surface area contributed by atoms with Gasteiger partial charge < -0.3 is 10.5 Å². The van der Waals surface area contributed by atoms with Crippen LogP contribution in [0, 0.1) is 11.6 Å². The van der Waals surface area contributed by atoms with Crippen molar-refractivity contribution in [2.75, 3.05) is 0 Å². The predicted octanol–water partition coefficient (Wildman–Crippen LogP) is 2.71. The number of hydrogen-bond acceptors (Lipinski definition) is 3. The molecule has 0 radical (unpaired) electrons. The Morgan fingerprint density at radius 3 is 2.55 bits per heavy atom. The van der Waals surface area contributed by atoms with E-state index in [4.69, 9.17) is 10.5 Å². The topological polar surface area (TPSA) is 59.6 Å². The zero-order valence-corrected chi connectivity index (χ0v) is 12.2. The van der Waals surface area contributed by atoms with Crippen molar-refractivity contribution in [3.63, 3.8) is 0 Å². The van der Waals surface area contributed by atoms with Crippen LogP contribution in [0.1, 0.15) is 11.1 Å². The van der Waals surface area contributed by atoms with Crippen LogP contribution < -0.4 is 15.9 Å². The molecule has 0 saturated heterocycles. The molecule has 2 aromatic carbocycles. The molecule has 0 atom stereocenters. The molecular weight excluding hydrogens is 308 g/mol. The maximum absolute atomic E-state index is 13.0. The van der Waals surface area contributed by atoms with Gasteiger partial charge in [-0.05, 0) is 35.5 Å². The van der Waals surface area contributed by atoms with Crippen LogP contribution in [-0.2, 0) is 6.61 Å². The van der Waals surface area contributed by atoms with E-state index in [1.54, 1.807) is 6.21 Å². The average Bonchev–Trinajstić information content (AvgIpc) is 2.49. The largest absolute Gasteiger partial charge is 0.489 e. The van der Waals surface area contributed by atoms with Crippen LogP contribution in [0.3, 0.4) is 0 Å². The molecule has 0 unspecified atom stereocenters. The molecule has 22 heavy (non-hydrogen) atoms. The van der Waals surface area contributed by atoms with Crippen LogP contribution in [0.15, 0.2) is 47.6 Å². The second-order valence-electron chi connectivity index (χ2n) is 4.34. The molecule has 0 aliphatic rings. The number of ether oxygens (including phenoxy) is 1. The van der Waals surface area contributed by atoms with E-state index in [0.717, 1.165) is 23.3 Å². The smallest absolute Gasteiger partial charge is 0.184 e. The summed E-state index contributed by atoms with van der Waals surface area (Å²) in [5.41, 5.74) is 9.41. The van der Waals surface area contributed by atoms with Crippen molar-refractivity contribution >= 4 is 23.5 Å². The molecule has 0 amide bonds. The lowest BCUT2D eigenvalue weighted by atomic mass is 10.1. The van der Waals surface area contributed by atoms with Crippen LogP contribution in [-0.4, -0.2) is 11.3 Å². The van der Waals surface area contributed by atoms with E-state index in [-0.39, 0.29) is 17.5 Å². The highest BCUT2D eigenvalue weighted by Gasteiger charge is 2.03. The van der Waals surface area contributed by atoms with E-state index in [9.17, 15) is 8.78 Å². The fraction of sp³-hybridized carbons (Fsp3) is 0.0667. The third kappa shape index (κ3) is 4.78. The standard InChI is InChI=1S/C15H13F2N3OS/c16-13-6-5-12(7-14(13)17)21-9-11-3-1-10(2-4-11)8-19-20-15(18)22/h1-8H,9H2,(H3,18,20,22). The first-order valence-electron chi connectivity index (χ1n) is 6.30. The Balaban J connectivity index is 1.92. The number of benzene rings is 2. The predicted molar refractivity (Wildman–Crippen MR) is 84.6 cm³/mol. The summed E-state index contributed by atoms with van der Waals surface area (Å²) in [6, 6.07) is 10.7. The lowest BCUT2D eigenvalue weighted by Crippen LogP contribution is -2.23. The summed E-state index contributed by atoms with van der Waals surface area (Å²) in [6.07, 6.45) is 1.57. The Hall–Kier alpha value is -2.54. The van der Waals surface area contributed by atoms with Crippen molar-refractivity contribution < 1.29 is 13.5 Å². The summed E-state index contributed by atoms with van der Waals surface area (Å²) in [5, 5.41) is 3.92. The maximum atomic E-state index is 13.0. The summed E-state index contributed by atoms with van der Waals surface area (Å²) in [6.45, 7) is 0.244. The molecule has 114 valence electrons. The van der Waals surface area contributed by atoms with Crippen LogP contribution in [0.25, 0.3) is 0 Å². The minimum Gasteiger partial charge on any atom is -0.489 e. The van der Waals surface area contributed by atoms with Gasteiger partial charge in [-0.3, -0.25) is 5.43 Å². The van der Waals surface area contributed by atoms with E-state index >= 15 is 0 Å². The van der Waals surface area contributed by atoms with Gasteiger partial charge >= 0.3 is 0 Å². The second-order valence-corrected chi connectivity index (χ2v) is 4.78. The Bertz CT molecular complexity index is 690. The highest BCUT2D eigenvalue weighted by atomic mass is 32.1. The molecule has 0 heterocycles. The molecule has 0 aliphatic carbocycles.